The molecule has 1 amide bonds. The highest BCUT2D eigenvalue weighted by Crippen LogP contribution is 2.17. The van der Waals surface area contributed by atoms with Gasteiger partial charge in [-0.25, -0.2) is 4.79 Å². The van der Waals surface area contributed by atoms with Crippen molar-refractivity contribution in [3.8, 4) is 0 Å². The van der Waals surface area contributed by atoms with Crippen molar-refractivity contribution in [1.82, 2.24) is 10.1 Å². The molecule has 0 saturated carbocycles. The van der Waals surface area contributed by atoms with Crippen LogP contribution in [0.25, 0.3) is 0 Å². The molecule has 20 heavy (non-hydrogen) atoms. The van der Waals surface area contributed by atoms with Crippen molar-refractivity contribution in [2.45, 2.75) is 20.0 Å². The standard InChI is InChI=1S/C12H17N3O5/c1-7-9(10(13)20-14-7)12(17)19-8(2)11(16)15-3-5-18-6-4-15/h8H,3-6,13H2,1-2H3/t8-/m0/s1. The van der Waals surface area contributed by atoms with Crippen LogP contribution in [-0.4, -0.2) is 54.3 Å². The van der Waals surface area contributed by atoms with E-state index in [9.17, 15) is 9.59 Å². The van der Waals surface area contributed by atoms with Gasteiger partial charge in [-0.1, -0.05) is 5.16 Å². The molecule has 1 aromatic heterocycles. The molecule has 8 heteroatoms. The van der Waals surface area contributed by atoms with E-state index >= 15 is 0 Å². The molecule has 1 aromatic rings. The predicted octanol–water partition coefficient (Wildman–Crippen LogP) is -0.0307. The van der Waals surface area contributed by atoms with Crippen molar-refractivity contribution in [1.29, 1.82) is 0 Å². The summed E-state index contributed by atoms with van der Waals surface area (Å²) in [6.45, 7) is 5.07. The number of aryl methyl sites for hydroxylation is 1. The summed E-state index contributed by atoms with van der Waals surface area (Å²) in [4.78, 5) is 25.6. The molecule has 110 valence electrons. The number of carbonyl (C=O) groups excluding carboxylic acids is 2. The minimum Gasteiger partial charge on any atom is -0.449 e. The lowest BCUT2D eigenvalue weighted by Crippen LogP contribution is -2.46. The van der Waals surface area contributed by atoms with E-state index in [4.69, 9.17) is 15.2 Å². The zero-order valence-electron chi connectivity index (χ0n) is 11.4. The number of nitrogens with zero attached hydrogens (tertiary/aromatic N) is 2. The Morgan fingerprint density at radius 3 is 2.60 bits per heavy atom. The highest BCUT2D eigenvalue weighted by atomic mass is 16.6. The predicted molar refractivity (Wildman–Crippen MR) is 67.9 cm³/mol. The second-order valence-corrected chi connectivity index (χ2v) is 4.49. The SMILES string of the molecule is Cc1noc(N)c1C(=O)O[C@@H](C)C(=O)N1CCOCC1. The summed E-state index contributed by atoms with van der Waals surface area (Å²) in [6, 6.07) is 0. The molecule has 8 nitrogen and oxygen atoms in total. The first-order chi connectivity index (χ1) is 9.50. The summed E-state index contributed by atoms with van der Waals surface area (Å²) in [7, 11) is 0. The molecule has 1 saturated heterocycles. The topological polar surface area (TPSA) is 108 Å². The molecule has 2 N–H and O–H groups in total. The van der Waals surface area contributed by atoms with E-state index in [1.54, 1.807) is 11.8 Å². The quantitative estimate of drug-likeness (QED) is 0.776. The van der Waals surface area contributed by atoms with E-state index in [1.807, 2.05) is 0 Å². The molecule has 0 unspecified atom stereocenters. The minimum absolute atomic E-state index is 0.0617. The fourth-order valence-corrected chi connectivity index (χ4v) is 1.95. The number of esters is 1. The maximum Gasteiger partial charge on any atom is 0.346 e. The van der Waals surface area contributed by atoms with Gasteiger partial charge in [0.15, 0.2) is 6.10 Å². The van der Waals surface area contributed by atoms with E-state index in [0.717, 1.165) is 0 Å². The van der Waals surface area contributed by atoms with Crippen LogP contribution in [0.3, 0.4) is 0 Å². The van der Waals surface area contributed by atoms with Crippen LogP contribution in [0.2, 0.25) is 0 Å². The Morgan fingerprint density at radius 1 is 1.40 bits per heavy atom. The highest BCUT2D eigenvalue weighted by molar-refractivity contribution is 5.96. The van der Waals surface area contributed by atoms with Crippen LogP contribution in [0, 0.1) is 6.92 Å². The van der Waals surface area contributed by atoms with Crippen molar-refractivity contribution >= 4 is 17.8 Å². The molecule has 0 aliphatic carbocycles. The summed E-state index contributed by atoms with van der Waals surface area (Å²) in [6.07, 6.45) is -0.894. The van der Waals surface area contributed by atoms with Crippen LogP contribution >= 0.6 is 0 Å². The summed E-state index contributed by atoms with van der Waals surface area (Å²) in [5.74, 6) is -1.08. The normalized spacial score (nSPS) is 16.8. The Bertz CT molecular complexity index is 488. The number of nitrogens with two attached hydrogens (primary N) is 1. The smallest absolute Gasteiger partial charge is 0.346 e. The van der Waals surface area contributed by atoms with Crippen LogP contribution in [-0.2, 0) is 14.3 Å². The van der Waals surface area contributed by atoms with Gasteiger partial charge in [0.05, 0.1) is 18.9 Å². The first kappa shape index (κ1) is 14.3. The lowest BCUT2D eigenvalue weighted by molar-refractivity contribution is -0.143. The average molecular weight is 283 g/mol. The summed E-state index contributed by atoms with van der Waals surface area (Å²) >= 11 is 0. The van der Waals surface area contributed by atoms with Crippen molar-refractivity contribution < 1.29 is 23.6 Å². The van der Waals surface area contributed by atoms with Crippen LogP contribution in [0.15, 0.2) is 4.52 Å². The van der Waals surface area contributed by atoms with Crippen LogP contribution in [0.1, 0.15) is 23.0 Å². The van der Waals surface area contributed by atoms with E-state index in [1.165, 1.54) is 6.92 Å². The van der Waals surface area contributed by atoms with E-state index in [2.05, 4.69) is 9.68 Å². The van der Waals surface area contributed by atoms with Gasteiger partial charge in [0.1, 0.15) is 5.56 Å². The third-order valence-corrected chi connectivity index (χ3v) is 3.05. The lowest BCUT2D eigenvalue weighted by atomic mass is 10.2. The third-order valence-electron chi connectivity index (χ3n) is 3.05. The number of aromatic nitrogens is 1. The van der Waals surface area contributed by atoms with Gasteiger partial charge in [0.25, 0.3) is 5.91 Å². The second kappa shape index (κ2) is 5.91. The zero-order valence-corrected chi connectivity index (χ0v) is 11.4. The Morgan fingerprint density at radius 2 is 2.05 bits per heavy atom. The number of hydrogen-bond acceptors (Lipinski definition) is 7. The Hall–Kier alpha value is -2.09. The number of hydrogen-bond donors (Lipinski definition) is 1. The van der Waals surface area contributed by atoms with Gasteiger partial charge in [-0.15, -0.1) is 0 Å². The van der Waals surface area contributed by atoms with Crippen LogP contribution in [0.4, 0.5) is 5.88 Å². The summed E-state index contributed by atoms with van der Waals surface area (Å²) in [5, 5.41) is 3.57. The van der Waals surface area contributed by atoms with Gasteiger partial charge < -0.3 is 24.6 Å². The number of rotatable bonds is 3. The molecular weight excluding hydrogens is 266 g/mol. The average Bonchev–Trinajstić information content (AvgIpc) is 2.78. The second-order valence-electron chi connectivity index (χ2n) is 4.49. The van der Waals surface area contributed by atoms with Gasteiger partial charge >= 0.3 is 5.97 Å². The van der Waals surface area contributed by atoms with E-state index < -0.39 is 12.1 Å². The minimum atomic E-state index is -0.894. The molecule has 0 radical (unpaired) electrons. The Kier molecular flexibility index (Phi) is 4.23. The Labute approximate surface area is 115 Å². The first-order valence-corrected chi connectivity index (χ1v) is 6.30. The number of nitrogen functional groups attached to an aromatic ring is 1. The van der Waals surface area contributed by atoms with Gasteiger partial charge in [0, 0.05) is 13.1 Å². The number of anilines is 1. The molecule has 1 atom stereocenters. The molecule has 0 bridgehead atoms. The number of amides is 1. The summed E-state index contributed by atoms with van der Waals surface area (Å²) < 4.78 is 15.0. The van der Waals surface area contributed by atoms with Gasteiger partial charge in [0.2, 0.25) is 5.88 Å². The monoisotopic (exact) mass is 283 g/mol. The number of morpholine rings is 1. The van der Waals surface area contributed by atoms with Crippen molar-refractivity contribution in [3.63, 3.8) is 0 Å². The molecule has 2 rings (SSSR count). The van der Waals surface area contributed by atoms with Crippen LogP contribution in [0.5, 0.6) is 0 Å². The molecule has 2 heterocycles. The third kappa shape index (κ3) is 2.90. The van der Waals surface area contributed by atoms with Crippen LogP contribution < -0.4 is 5.73 Å². The van der Waals surface area contributed by atoms with Crippen molar-refractivity contribution in [2.75, 3.05) is 32.0 Å². The fraction of sp³-hybridized carbons (Fsp3) is 0.583. The lowest BCUT2D eigenvalue weighted by Gasteiger charge is -2.28. The van der Waals surface area contributed by atoms with Crippen molar-refractivity contribution in [2.24, 2.45) is 0 Å². The summed E-state index contributed by atoms with van der Waals surface area (Å²) in [5.41, 5.74) is 5.89. The Balaban J connectivity index is 1.98. The van der Waals surface area contributed by atoms with Gasteiger partial charge in [-0.2, -0.15) is 0 Å². The fourth-order valence-electron chi connectivity index (χ4n) is 1.95. The molecule has 1 aliphatic rings. The molecule has 1 aliphatic heterocycles. The first-order valence-electron chi connectivity index (χ1n) is 6.30. The zero-order chi connectivity index (χ0) is 14.7. The maximum absolute atomic E-state index is 12.1. The molecule has 1 fully saturated rings. The highest BCUT2D eigenvalue weighted by Gasteiger charge is 2.28. The van der Waals surface area contributed by atoms with E-state index in [0.29, 0.717) is 32.0 Å². The number of ether oxygens (including phenoxy) is 2. The number of carbonyl (C=O) groups is 2. The maximum atomic E-state index is 12.1. The molecule has 0 aromatic carbocycles. The van der Waals surface area contributed by atoms with Gasteiger partial charge in [-0.05, 0) is 13.8 Å². The van der Waals surface area contributed by atoms with Gasteiger partial charge in [-0.3, -0.25) is 4.79 Å². The van der Waals surface area contributed by atoms with Crippen molar-refractivity contribution in [3.05, 3.63) is 11.3 Å². The van der Waals surface area contributed by atoms with E-state index in [-0.39, 0.29) is 17.4 Å². The molecular formula is C12H17N3O5. The molecule has 0 spiro atoms. The largest absolute Gasteiger partial charge is 0.449 e.